The van der Waals surface area contributed by atoms with Gasteiger partial charge in [-0.1, -0.05) is 6.07 Å². The van der Waals surface area contributed by atoms with E-state index in [4.69, 9.17) is 0 Å². The van der Waals surface area contributed by atoms with Gasteiger partial charge in [-0.15, -0.1) is 0 Å². The maximum Gasteiger partial charge on any atom is 0.241 e. The first kappa shape index (κ1) is 13.6. The van der Waals surface area contributed by atoms with Crippen LogP contribution in [0.1, 0.15) is 0 Å². The molecule has 1 aliphatic rings. The van der Waals surface area contributed by atoms with E-state index in [1.165, 1.54) is 3.57 Å². The number of amides is 1. The van der Waals surface area contributed by atoms with Crippen LogP contribution in [0.2, 0.25) is 0 Å². The van der Waals surface area contributed by atoms with E-state index in [0.29, 0.717) is 6.54 Å². The van der Waals surface area contributed by atoms with Gasteiger partial charge >= 0.3 is 0 Å². The van der Waals surface area contributed by atoms with E-state index in [1.807, 2.05) is 29.2 Å². The fourth-order valence-electron chi connectivity index (χ4n) is 1.94. The summed E-state index contributed by atoms with van der Waals surface area (Å²) in [6, 6.07) is 8.05. The molecule has 0 aromatic heterocycles. The molecule has 98 valence electrons. The highest BCUT2D eigenvalue weighted by Gasteiger charge is 2.18. The normalized spacial score (nSPS) is 16.7. The summed E-state index contributed by atoms with van der Waals surface area (Å²) < 4.78 is 1.17. The van der Waals surface area contributed by atoms with Gasteiger partial charge < -0.3 is 15.1 Å². The van der Waals surface area contributed by atoms with Crippen molar-refractivity contribution in [3.8, 4) is 0 Å². The number of likely N-dealkylation sites (N-methyl/N-ethyl adjacent to an activating group) is 1. The Morgan fingerprint density at radius 3 is 2.72 bits per heavy atom. The Morgan fingerprint density at radius 2 is 2.06 bits per heavy atom. The Balaban J connectivity index is 1.81. The summed E-state index contributed by atoms with van der Waals surface area (Å²) in [5.74, 6) is 0.182. The third kappa shape index (κ3) is 3.84. The van der Waals surface area contributed by atoms with Crippen LogP contribution in [0.5, 0.6) is 0 Å². The number of hydrogen-bond acceptors (Lipinski definition) is 3. The molecule has 0 bridgehead atoms. The number of hydrogen-bond donors (Lipinski definition) is 1. The molecular weight excluding hydrogens is 341 g/mol. The Bertz CT molecular complexity index is 416. The zero-order valence-corrected chi connectivity index (χ0v) is 12.7. The predicted molar refractivity (Wildman–Crippen MR) is 81.7 cm³/mol. The number of nitrogens with zero attached hydrogens (tertiary/aromatic N) is 2. The summed E-state index contributed by atoms with van der Waals surface area (Å²) in [7, 11) is 2.09. The summed E-state index contributed by atoms with van der Waals surface area (Å²) >= 11 is 2.27. The van der Waals surface area contributed by atoms with Gasteiger partial charge in [-0.05, 0) is 47.8 Å². The molecular formula is C13H18IN3O. The van der Waals surface area contributed by atoms with Crippen LogP contribution < -0.4 is 5.32 Å². The highest BCUT2D eigenvalue weighted by atomic mass is 127. The fraction of sp³-hybridized carbons (Fsp3) is 0.462. The monoisotopic (exact) mass is 359 g/mol. The van der Waals surface area contributed by atoms with Crippen molar-refractivity contribution in [2.75, 3.05) is 45.1 Å². The van der Waals surface area contributed by atoms with Crippen LogP contribution in [-0.4, -0.2) is 55.5 Å². The largest absolute Gasteiger partial charge is 0.376 e. The van der Waals surface area contributed by atoms with E-state index in [2.05, 4.69) is 39.9 Å². The van der Waals surface area contributed by atoms with Gasteiger partial charge in [0.2, 0.25) is 5.91 Å². The van der Waals surface area contributed by atoms with Crippen molar-refractivity contribution in [1.29, 1.82) is 0 Å². The van der Waals surface area contributed by atoms with Crippen LogP contribution in [0.3, 0.4) is 0 Å². The minimum Gasteiger partial charge on any atom is -0.376 e. The van der Waals surface area contributed by atoms with Gasteiger partial charge in [-0.3, -0.25) is 4.79 Å². The van der Waals surface area contributed by atoms with Crippen LogP contribution in [-0.2, 0) is 4.79 Å². The summed E-state index contributed by atoms with van der Waals surface area (Å²) in [6.45, 7) is 3.99. The molecule has 0 radical (unpaired) electrons. The van der Waals surface area contributed by atoms with E-state index in [0.717, 1.165) is 31.9 Å². The first-order valence-electron chi connectivity index (χ1n) is 6.11. The number of anilines is 1. The molecule has 1 fully saturated rings. The van der Waals surface area contributed by atoms with E-state index < -0.39 is 0 Å². The summed E-state index contributed by atoms with van der Waals surface area (Å²) in [4.78, 5) is 16.2. The molecule has 1 amide bonds. The number of benzene rings is 1. The Labute approximate surface area is 121 Å². The van der Waals surface area contributed by atoms with Gasteiger partial charge in [-0.2, -0.15) is 0 Å². The maximum atomic E-state index is 12.0. The molecule has 5 heteroatoms. The highest BCUT2D eigenvalue weighted by molar-refractivity contribution is 14.1. The number of halogens is 1. The first-order valence-corrected chi connectivity index (χ1v) is 7.19. The van der Waals surface area contributed by atoms with Crippen LogP contribution in [0.15, 0.2) is 24.3 Å². The van der Waals surface area contributed by atoms with Crippen LogP contribution in [0.4, 0.5) is 5.69 Å². The smallest absolute Gasteiger partial charge is 0.241 e. The van der Waals surface area contributed by atoms with Crippen LogP contribution >= 0.6 is 22.6 Å². The standard InChI is InChI=1S/C13H18IN3O/c1-16-5-7-17(8-6-16)13(18)10-15-12-4-2-3-11(14)9-12/h2-4,9,15H,5-8,10H2,1H3. The van der Waals surface area contributed by atoms with Gasteiger partial charge in [-0.25, -0.2) is 0 Å². The number of piperazine rings is 1. The van der Waals surface area contributed by atoms with Gasteiger partial charge in [0.05, 0.1) is 6.54 Å². The lowest BCUT2D eigenvalue weighted by atomic mass is 10.3. The molecule has 1 heterocycles. The van der Waals surface area contributed by atoms with E-state index in [-0.39, 0.29) is 5.91 Å². The highest BCUT2D eigenvalue weighted by Crippen LogP contribution is 2.12. The fourth-order valence-corrected chi connectivity index (χ4v) is 2.49. The molecule has 0 spiro atoms. The second-order valence-corrected chi connectivity index (χ2v) is 5.79. The molecule has 1 saturated heterocycles. The number of carbonyl (C=O) groups excluding carboxylic acids is 1. The van der Waals surface area contributed by atoms with Crippen molar-refractivity contribution in [2.45, 2.75) is 0 Å². The van der Waals surface area contributed by atoms with Crippen LogP contribution in [0.25, 0.3) is 0 Å². The van der Waals surface area contributed by atoms with Crippen LogP contribution in [0, 0.1) is 3.57 Å². The van der Waals surface area contributed by atoms with Crippen molar-refractivity contribution < 1.29 is 4.79 Å². The molecule has 1 aromatic carbocycles. The summed E-state index contributed by atoms with van der Waals surface area (Å²) in [6.07, 6.45) is 0. The number of rotatable bonds is 3. The molecule has 0 unspecified atom stereocenters. The second-order valence-electron chi connectivity index (χ2n) is 4.55. The third-order valence-corrected chi connectivity index (χ3v) is 3.80. The van der Waals surface area contributed by atoms with E-state index >= 15 is 0 Å². The molecule has 1 aliphatic heterocycles. The summed E-state index contributed by atoms with van der Waals surface area (Å²) in [5, 5.41) is 3.18. The molecule has 0 atom stereocenters. The Morgan fingerprint density at radius 1 is 1.33 bits per heavy atom. The molecule has 1 N–H and O–H groups in total. The van der Waals surface area contributed by atoms with Gasteiger partial charge in [0, 0.05) is 35.4 Å². The summed E-state index contributed by atoms with van der Waals surface area (Å²) in [5.41, 5.74) is 1.00. The van der Waals surface area contributed by atoms with Gasteiger partial charge in [0.25, 0.3) is 0 Å². The topological polar surface area (TPSA) is 35.6 Å². The molecule has 4 nitrogen and oxygen atoms in total. The molecule has 18 heavy (non-hydrogen) atoms. The first-order chi connectivity index (χ1) is 8.65. The van der Waals surface area contributed by atoms with E-state index in [1.54, 1.807) is 0 Å². The Kier molecular flexibility index (Phi) is 4.82. The zero-order chi connectivity index (χ0) is 13.0. The number of carbonyl (C=O) groups is 1. The zero-order valence-electron chi connectivity index (χ0n) is 10.5. The molecule has 0 aliphatic carbocycles. The molecule has 0 saturated carbocycles. The van der Waals surface area contributed by atoms with Gasteiger partial charge in [0.15, 0.2) is 0 Å². The molecule has 2 rings (SSSR count). The van der Waals surface area contributed by atoms with Crippen molar-refractivity contribution in [3.05, 3.63) is 27.8 Å². The third-order valence-electron chi connectivity index (χ3n) is 3.12. The van der Waals surface area contributed by atoms with Crippen molar-refractivity contribution in [2.24, 2.45) is 0 Å². The lowest BCUT2D eigenvalue weighted by Gasteiger charge is -2.32. The maximum absolute atomic E-state index is 12.0. The second kappa shape index (κ2) is 6.38. The average molecular weight is 359 g/mol. The van der Waals surface area contributed by atoms with Gasteiger partial charge in [0.1, 0.15) is 0 Å². The molecule has 1 aromatic rings. The SMILES string of the molecule is CN1CCN(C(=O)CNc2cccc(I)c2)CC1. The minimum absolute atomic E-state index is 0.182. The van der Waals surface area contributed by atoms with E-state index in [9.17, 15) is 4.79 Å². The predicted octanol–water partition coefficient (Wildman–Crippen LogP) is 1.48. The van der Waals surface area contributed by atoms with Crippen molar-refractivity contribution in [3.63, 3.8) is 0 Å². The quantitative estimate of drug-likeness (QED) is 0.831. The Hall–Kier alpha value is -0.820. The van der Waals surface area contributed by atoms with Crippen molar-refractivity contribution in [1.82, 2.24) is 9.80 Å². The number of nitrogens with one attached hydrogen (secondary N) is 1. The lowest BCUT2D eigenvalue weighted by Crippen LogP contribution is -2.48. The minimum atomic E-state index is 0.182. The van der Waals surface area contributed by atoms with Crippen molar-refractivity contribution >= 4 is 34.2 Å². The lowest BCUT2D eigenvalue weighted by molar-refractivity contribution is -0.130. The average Bonchev–Trinajstić information content (AvgIpc) is 2.37.